The molecular weight excluding hydrogens is 193 g/mol. The predicted molar refractivity (Wildman–Crippen MR) is 56.5 cm³/mol. The van der Waals surface area contributed by atoms with Gasteiger partial charge in [-0.25, -0.2) is 0 Å². The molecule has 4 nitrogen and oxygen atoms in total. The number of carboxylic acid groups (broad SMARTS) is 1. The third-order valence-corrected chi connectivity index (χ3v) is 1.88. The van der Waals surface area contributed by atoms with Gasteiger partial charge in [-0.1, -0.05) is 0 Å². The number of hydrogen-bond acceptors (Lipinski definition) is 3. The van der Waals surface area contributed by atoms with E-state index in [0.29, 0.717) is 13.6 Å². The first-order valence-electron chi connectivity index (χ1n) is 4.47. The van der Waals surface area contributed by atoms with Crippen LogP contribution in [0.2, 0.25) is 0 Å². The Bertz CT molecular complexity index is 364. The normalized spacial score (nSPS) is 12.3. The SMILES string of the molecule is O=B/C=N/C(Cc1ccccc1)C(=O)O. The fraction of sp³-hybridized carbons (Fsp3) is 0.200. The number of rotatable bonds is 5. The summed E-state index contributed by atoms with van der Waals surface area (Å²) in [4.78, 5) is 14.4. The number of carboxylic acids is 1. The molecule has 1 atom stereocenters. The summed E-state index contributed by atoms with van der Waals surface area (Å²) < 4.78 is 10.0. The summed E-state index contributed by atoms with van der Waals surface area (Å²) in [7, 11) is 0.473. The van der Waals surface area contributed by atoms with Gasteiger partial charge in [-0.3, -0.25) is 0 Å². The van der Waals surface area contributed by atoms with Crippen molar-refractivity contribution >= 4 is 19.2 Å². The van der Waals surface area contributed by atoms with Gasteiger partial charge in [0.05, 0.1) is 0 Å². The van der Waals surface area contributed by atoms with Crippen molar-refractivity contribution in [2.24, 2.45) is 4.99 Å². The van der Waals surface area contributed by atoms with Crippen LogP contribution < -0.4 is 0 Å². The topological polar surface area (TPSA) is 66.7 Å². The molecular formula is C10H10BNO3. The van der Waals surface area contributed by atoms with Crippen molar-refractivity contribution in [2.45, 2.75) is 12.5 Å². The Hall–Kier alpha value is -1.78. The van der Waals surface area contributed by atoms with Crippen LogP contribution in [0.4, 0.5) is 0 Å². The zero-order valence-electron chi connectivity index (χ0n) is 8.04. The van der Waals surface area contributed by atoms with Gasteiger partial charge in [0.1, 0.15) is 0 Å². The van der Waals surface area contributed by atoms with Crippen LogP contribution in [0.1, 0.15) is 5.56 Å². The quantitative estimate of drug-likeness (QED) is 0.567. The van der Waals surface area contributed by atoms with Crippen molar-refractivity contribution in [1.29, 1.82) is 0 Å². The average molecular weight is 203 g/mol. The molecule has 0 spiro atoms. The van der Waals surface area contributed by atoms with E-state index in [9.17, 15) is 9.50 Å². The van der Waals surface area contributed by atoms with E-state index in [-0.39, 0.29) is 0 Å². The molecule has 0 aliphatic heterocycles. The minimum atomic E-state index is -1.03. The van der Waals surface area contributed by atoms with Crippen LogP contribution in [0, 0.1) is 0 Å². The van der Waals surface area contributed by atoms with Gasteiger partial charge in [0.2, 0.25) is 0 Å². The van der Waals surface area contributed by atoms with Gasteiger partial charge in [-0.15, -0.1) is 0 Å². The van der Waals surface area contributed by atoms with E-state index in [1.54, 1.807) is 0 Å². The first-order chi connectivity index (χ1) is 7.24. The summed E-state index contributed by atoms with van der Waals surface area (Å²) in [5, 5.41) is 8.83. The number of carbonyl (C=O) groups is 1. The van der Waals surface area contributed by atoms with E-state index in [1.807, 2.05) is 30.3 Å². The first kappa shape index (κ1) is 11.3. The molecule has 15 heavy (non-hydrogen) atoms. The molecule has 0 fully saturated rings. The second kappa shape index (κ2) is 5.85. The molecule has 0 aromatic heterocycles. The van der Waals surface area contributed by atoms with Gasteiger partial charge < -0.3 is 0 Å². The molecule has 1 aromatic carbocycles. The van der Waals surface area contributed by atoms with E-state index in [1.165, 1.54) is 0 Å². The number of aliphatic carboxylic acids is 1. The molecule has 1 unspecified atom stereocenters. The standard InChI is InChI=1S/C10H10BNO3/c13-10(14)9(12-7-11-15)6-8-4-2-1-3-5-8/h1-5,7,9H,6H2,(H,13,14)/b12-7+. The summed E-state index contributed by atoms with van der Waals surface area (Å²) in [6, 6.07) is 8.28. The zero-order chi connectivity index (χ0) is 11.1. The van der Waals surface area contributed by atoms with Crippen molar-refractivity contribution in [3.05, 3.63) is 35.9 Å². The molecule has 0 saturated carbocycles. The molecule has 0 heterocycles. The number of benzene rings is 1. The molecule has 76 valence electrons. The van der Waals surface area contributed by atoms with Crippen molar-refractivity contribution in [2.75, 3.05) is 0 Å². The van der Waals surface area contributed by atoms with E-state index in [4.69, 9.17) is 5.11 Å². The van der Waals surface area contributed by atoms with Crippen LogP contribution in [-0.2, 0) is 15.9 Å². The summed E-state index contributed by atoms with van der Waals surface area (Å²) >= 11 is 0. The number of aliphatic imine (C=N–C) groups is 1. The molecule has 1 rings (SSSR count). The van der Waals surface area contributed by atoms with Crippen LogP contribution in [0.25, 0.3) is 0 Å². The van der Waals surface area contributed by atoms with Crippen LogP contribution in [0.3, 0.4) is 0 Å². The first-order valence-corrected chi connectivity index (χ1v) is 4.47. The number of nitrogens with zero attached hydrogens (tertiary/aromatic N) is 1. The van der Waals surface area contributed by atoms with Crippen molar-refractivity contribution in [3.63, 3.8) is 0 Å². The second-order valence-corrected chi connectivity index (χ2v) is 2.98. The Kier molecular flexibility index (Phi) is 4.41. The molecule has 0 aliphatic carbocycles. The molecule has 0 radical (unpaired) electrons. The molecule has 1 N–H and O–H groups in total. The second-order valence-electron chi connectivity index (χ2n) is 2.98. The molecule has 1 aromatic rings. The van der Waals surface area contributed by atoms with Gasteiger partial charge >= 0.3 is 87.2 Å². The predicted octanol–water partition coefficient (Wildman–Crippen LogP) is 0.760. The molecule has 0 bridgehead atoms. The summed E-state index contributed by atoms with van der Waals surface area (Å²) in [6.45, 7) is 0. The molecule has 0 saturated heterocycles. The average Bonchev–Trinajstić information content (AvgIpc) is 2.25. The summed E-state index contributed by atoms with van der Waals surface area (Å²) in [5.41, 5.74) is 0.882. The molecule has 0 amide bonds. The van der Waals surface area contributed by atoms with E-state index >= 15 is 0 Å². The van der Waals surface area contributed by atoms with Crippen LogP contribution in [0.5, 0.6) is 0 Å². The Morgan fingerprint density at radius 1 is 1.47 bits per heavy atom. The maximum absolute atomic E-state index is 10.8. The maximum atomic E-state index is 10.8. The van der Waals surface area contributed by atoms with Crippen LogP contribution in [0.15, 0.2) is 35.3 Å². The Balaban J connectivity index is 2.71. The van der Waals surface area contributed by atoms with Gasteiger partial charge in [0, 0.05) is 0 Å². The van der Waals surface area contributed by atoms with Crippen LogP contribution >= 0.6 is 0 Å². The van der Waals surface area contributed by atoms with Gasteiger partial charge in [-0.05, 0) is 0 Å². The third kappa shape index (κ3) is 3.85. The van der Waals surface area contributed by atoms with Crippen molar-refractivity contribution < 1.29 is 14.6 Å². The van der Waals surface area contributed by atoms with E-state index < -0.39 is 12.0 Å². The Morgan fingerprint density at radius 2 is 2.13 bits per heavy atom. The van der Waals surface area contributed by atoms with Gasteiger partial charge in [-0.2, -0.15) is 0 Å². The summed E-state index contributed by atoms with van der Waals surface area (Å²) in [5.74, 6) is -1.03. The van der Waals surface area contributed by atoms with Crippen molar-refractivity contribution in [1.82, 2.24) is 0 Å². The monoisotopic (exact) mass is 203 g/mol. The van der Waals surface area contributed by atoms with Gasteiger partial charge in [0.25, 0.3) is 0 Å². The van der Waals surface area contributed by atoms with Crippen LogP contribution in [-0.4, -0.2) is 30.4 Å². The fourth-order valence-electron chi connectivity index (χ4n) is 1.18. The number of hydrogen-bond donors (Lipinski definition) is 1. The summed E-state index contributed by atoms with van der Waals surface area (Å²) in [6.07, 6.45) is 1.27. The molecule has 0 aliphatic rings. The molecule has 5 heteroatoms. The fourth-order valence-corrected chi connectivity index (χ4v) is 1.18. The Morgan fingerprint density at radius 3 is 2.67 bits per heavy atom. The van der Waals surface area contributed by atoms with E-state index in [2.05, 4.69) is 4.99 Å². The van der Waals surface area contributed by atoms with Gasteiger partial charge in [0.15, 0.2) is 0 Å². The zero-order valence-corrected chi connectivity index (χ0v) is 8.04. The van der Waals surface area contributed by atoms with Crippen molar-refractivity contribution in [3.8, 4) is 0 Å². The third-order valence-electron chi connectivity index (χ3n) is 1.88. The Labute approximate surface area is 87.9 Å². The minimum absolute atomic E-state index is 0.292. The van der Waals surface area contributed by atoms with E-state index in [0.717, 1.165) is 11.7 Å².